The molecule has 0 N–H and O–H groups in total. The van der Waals surface area contributed by atoms with E-state index >= 15 is 0 Å². The number of methoxy groups -OCH3 is 1. The number of aromatic nitrogens is 1. The van der Waals surface area contributed by atoms with Gasteiger partial charge in [-0.05, 0) is 30.3 Å². The first-order valence-electron chi connectivity index (χ1n) is 9.11. The fourth-order valence-electron chi connectivity index (χ4n) is 3.16. The summed E-state index contributed by atoms with van der Waals surface area (Å²) in [4.78, 5) is 12.7. The smallest absolute Gasteiger partial charge is 0.344 e. The second-order valence-corrected chi connectivity index (χ2v) is 7.64. The third-order valence-corrected chi connectivity index (χ3v) is 6.12. The number of carbonyl (C=O) groups is 1. The molecular weight excluding hydrogens is 385 g/mol. The molecule has 5 nitrogen and oxygen atoms in total. The number of para-hydroxylation sites is 3. The van der Waals surface area contributed by atoms with Crippen molar-refractivity contribution < 1.29 is 18.6 Å². The number of ether oxygens (including phenoxy) is 1. The minimum absolute atomic E-state index is 0.419. The summed E-state index contributed by atoms with van der Waals surface area (Å²) in [5, 5.41) is 0.803. The molecule has 6 heteroatoms. The van der Waals surface area contributed by atoms with Crippen LogP contribution < -0.4 is 14.5 Å². The molecule has 0 aliphatic rings. The summed E-state index contributed by atoms with van der Waals surface area (Å²) >= 11 is 0. The number of carbonyl (C=O) groups excluding carboxylic acids is 1. The Labute approximate surface area is 170 Å². The van der Waals surface area contributed by atoms with Crippen molar-refractivity contribution >= 4 is 30.7 Å². The van der Waals surface area contributed by atoms with Gasteiger partial charge in [0, 0.05) is 18.0 Å². The summed E-state index contributed by atoms with van der Waals surface area (Å²) in [5.41, 5.74) is 2.02. The zero-order chi connectivity index (χ0) is 20.2. The van der Waals surface area contributed by atoms with Crippen molar-refractivity contribution in [3.63, 3.8) is 0 Å². The first kappa shape index (κ1) is 19.0. The second kappa shape index (κ2) is 8.38. The summed E-state index contributed by atoms with van der Waals surface area (Å²) in [6, 6.07) is 26.6. The lowest BCUT2D eigenvalue weighted by molar-refractivity contribution is 0.0604. The molecule has 0 atom stereocenters. The lowest BCUT2D eigenvalue weighted by Gasteiger charge is -2.20. The quantitative estimate of drug-likeness (QED) is 0.332. The van der Waals surface area contributed by atoms with Crippen molar-refractivity contribution in [2.45, 2.75) is 0 Å². The van der Waals surface area contributed by atoms with Gasteiger partial charge in [-0.25, -0.2) is 4.79 Å². The molecule has 0 saturated carbocycles. The standard InChI is InChI=1S/C23H20NO4P/c1-24-20-16-10-9-15-19(20)21(23(25)26-2)22(24)29(27-17-11-5-3-6-12-17)28-18-13-7-4-8-14-18/h3-16H,1-2H3. The van der Waals surface area contributed by atoms with Crippen molar-refractivity contribution in [3.8, 4) is 11.5 Å². The van der Waals surface area contributed by atoms with Gasteiger partial charge in [0.05, 0.1) is 7.11 Å². The van der Waals surface area contributed by atoms with Gasteiger partial charge in [-0.3, -0.25) is 0 Å². The van der Waals surface area contributed by atoms with Gasteiger partial charge in [0.1, 0.15) is 22.5 Å². The topological polar surface area (TPSA) is 49.7 Å². The summed E-state index contributed by atoms with van der Waals surface area (Å²) in [6.45, 7) is 0. The Balaban J connectivity index is 1.88. The molecule has 0 bridgehead atoms. The summed E-state index contributed by atoms with van der Waals surface area (Å²) < 4.78 is 19.6. The minimum atomic E-state index is -1.67. The van der Waals surface area contributed by atoms with E-state index in [4.69, 9.17) is 13.8 Å². The number of rotatable bonds is 6. The zero-order valence-electron chi connectivity index (χ0n) is 16.1. The minimum Gasteiger partial charge on any atom is -0.465 e. The number of aryl methyl sites for hydroxylation is 1. The van der Waals surface area contributed by atoms with E-state index in [9.17, 15) is 4.79 Å². The Hall–Kier alpha value is -3.30. The first-order valence-corrected chi connectivity index (χ1v) is 10.3. The lowest BCUT2D eigenvalue weighted by Crippen LogP contribution is -2.23. The highest BCUT2D eigenvalue weighted by atomic mass is 31.2. The van der Waals surface area contributed by atoms with Gasteiger partial charge in [-0.2, -0.15) is 0 Å². The van der Waals surface area contributed by atoms with Crippen LogP contribution >= 0.6 is 8.38 Å². The van der Waals surface area contributed by atoms with Crippen LogP contribution in [0.3, 0.4) is 0 Å². The van der Waals surface area contributed by atoms with E-state index in [-0.39, 0.29) is 0 Å². The molecule has 1 heterocycles. The van der Waals surface area contributed by atoms with Crippen LogP contribution in [0.4, 0.5) is 0 Å². The van der Waals surface area contributed by atoms with Crippen LogP contribution in [-0.4, -0.2) is 17.6 Å². The third-order valence-electron chi connectivity index (χ3n) is 4.50. The Kier molecular flexibility index (Phi) is 5.50. The number of nitrogens with zero attached hydrogens (tertiary/aromatic N) is 1. The Morgan fingerprint density at radius 2 is 1.31 bits per heavy atom. The van der Waals surface area contributed by atoms with Crippen LogP contribution in [0.5, 0.6) is 11.5 Å². The van der Waals surface area contributed by atoms with Gasteiger partial charge < -0.3 is 18.4 Å². The molecule has 1 aromatic heterocycles. The fraction of sp³-hybridized carbons (Fsp3) is 0.0870. The predicted octanol–water partition coefficient (Wildman–Crippen LogP) is 5.06. The largest absolute Gasteiger partial charge is 0.465 e. The average Bonchev–Trinajstić information content (AvgIpc) is 3.07. The summed E-state index contributed by atoms with van der Waals surface area (Å²) in [6.07, 6.45) is 0. The van der Waals surface area contributed by atoms with E-state index in [0.29, 0.717) is 22.5 Å². The van der Waals surface area contributed by atoms with Crippen molar-refractivity contribution in [1.82, 2.24) is 4.57 Å². The molecule has 0 spiro atoms. The van der Waals surface area contributed by atoms with Gasteiger partial charge in [0.15, 0.2) is 0 Å². The average molecular weight is 405 g/mol. The summed E-state index contributed by atoms with van der Waals surface area (Å²) in [7, 11) is 1.61. The molecule has 3 aromatic carbocycles. The monoisotopic (exact) mass is 405 g/mol. The zero-order valence-corrected chi connectivity index (χ0v) is 17.0. The molecule has 4 rings (SSSR count). The van der Waals surface area contributed by atoms with Crippen LogP contribution in [-0.2, 0) is 11.8 Å². The van der Waals surface area contributed by atoms with E-state index < -0.39 is 14.3 Å². The first-order chi connectivity index (χ1) is 14.2. The van der Waals surface area contributed by atoms with Gasteiger partial charge >= 0.3 is 14.3 Å². The van der Waals surface area contributed by atoms with Crippen LogP contribution in [0, 0.1) is 0 Å². The van der Waals surface area contributed by atoms with E-state index in [1.165, 1.54) is 7.11 Å². The molecule has 0 aliphatic carbocycles. The third kappa shape index (κ3) is 3.82. The van der Waals surface area contributed by atoms with E-state index in [0.717, 1.165) is 10.9 Å². The van der Waals surface area contributed by atoms with Crippen molar-refractivity contribution in [2.75, 3.05) is 7.11 Å². The number of hydrogen-bond acceptors (Lipinski definition) is 4. The van der Waals surface area contributed by atoms with Crippen molar-refractivity contribution in [2.24, 2.45) is 7.05 Å². The van der Waals surface area contributed by atoms with Crippen molar-refractivity contribution in [1.29, 1.82) is 0 Å². The highest BCUT2D eigenvalue weighted by Crippen LogP contribution is 2.42. The number of benzene rings is 3. The van der Waals surface area contributed by atoms with Crippen LogP contribution in [0.15, 0.2) is 84.9 Å². The van der Waals surface area contributed by atoms with Gasteiger partial charge in [0.25, 0.3) is 0 Å². The SMILES string of the molecule is COC(=O)c1c(P(Oc2ccccc2)Oc2ccccc2)n(C)c2ccccc12. The molecule has 0 radical (unpaired) electrons. The molecule has 0 unspecified atom stereocenters. The second-order valence-electron chi connectivity index (χ2n) is 6.33. The van der Waals surface area contributed by atoms with E-state index in [2.05, 4.69) is 0 Å². The number of esters is 1. The molecule has 4 aromatic rings. The van der Waals surface area contributed by atoms with Crippen LogP contribution in [0.25, 0.3) is 10.9 Å². The molecule has 29 heavy (non-hydrogen) atoms. The maximum atomic E-state index is 12.7. The fourth-order valence-corrected chi connectivity index (χ4v) is 4.74. The molecule has 0 fully saturated rings. The Morgan fingerprint density at radius 3 is 1.86 bits per heavy atom. The number of fused-ring (bicyclic) bond motifs is 1. The highest BCUT2D eigenvalue weighted by Gasteiger charge is 2.32. The van der Waals surface area contributed by atoms with E-state index in [1.807, 2.05) is 96.5 Å². The number of hydrogen-bond donors (Lipinski definition) is 0. The van der Waals surface area contributed by atoms with Crippen LogP contribution in [0.1, 0.15) is 10.4 Å². The molecule has 0 saturated heterocycles. The Morgan fingerprint density at radius 1 is 0.793 bits per heavy atom. The van der Waals surface area contributed by atoms with E-state index in [1.54, 1.807) is 0 Å². The Bertz CT molecular complexity index is 1080. The van der Waals surface area contributed by atoms with Gasteiger partial charge in [0.2, 0.25) is 0 Å². The van der Waals surface area contributed by atoms with Gasteiger partial charge in [-0.1, -0.05) is 54.6 Å². The summed E-state index contributed by atoms with van der Waals surface area (Å²) in [5.74, 6) is 0.906. The normalized spacial score (nSPS) is 10.9. The maximum absolute atomic E-state index is 12.7. The highest BCUT2D eigenvalue weighted by molar-refractivity contribution is 7.56. The molecule has 146 valence electrons. The molecule has 0 aliphatic heterocycles. The van der Waals surface area contributed by atoms with Crippen LogP contribution in [0.2, 0.25) is 0 Å². The van der Waals surface area contributed by atoms with Crippen molar-refractivity contribution in [3.05, 3.63) is 90.5 Å². The molecule has 0 amide bonds. The predicted molar refractivity (Wildman–Crippen MR) is 115 cm³/mol. The lowest BCUT2D eigenvalue weighted by atomic mass is 10.2. The molecular formula is C23H20NO4P. The maximum Gasteiger partial charge on any atom is 0.344 e. The van der Waals surface area contributed by atoms with Gasteiger partial charge in [-0.15, -0.1) is 0 Å².